The number of amides is 1. The van der Waals surface area contributed by atoms with Crippen LogP contribution < -0.4 is 10.2 Å². The molecular weight excluding hydrogens is 276 g/mol. The molecular formula is C17H22N4O. The quantitative estimate of drug-likeness (QED) is 0.944. The van der Waals surface area contributed by atoms with Crippen molar-refractivity contribution in [1.82, 2.24) is 14.9 Å². The summed E-state index contributed by atoms with van der Waals surface area (Å²) in [5, 5.41) is 3.22. The molecule has 2 fully saturated rings. The van der Waals surface area contributed by atoms with E-state index in [1.54, 1.807) is 0 Å². The molecule has 1 aliphatic carbocycles. The first kappa shape index (κ1) is 13.6. The van der Waals surface area contributed by atoms with E-state index in [1.165, 1.54) is 0 Å². The lowest BCUT2D eigenvalue weighted by Gasteiger charge is -2.33. The first-order valence-corrected chi connectivity index (χ1v) is 8.19. The van der Waals surface area contributed by atoms with Crippen LogP contribution in [0.2, 0.25) is 0 Å². The molecule has 2 aromatic rings. The van der Waals surface area contributed by atoms with E-state index >= 15 is 0 Å². The number of anilines is 1. The lowest BCUT2D eigenvalue weighted by Crippen LogP contribution is -2.48. The number of aryl methyl sites for hydroxylation is 1. The van der Waals surface area contributed by atoms with Crippen LogP contribution in [0.5, 0.6) is 0 Å². The first-order chi connectivity index (χ1) is 10.7. The van der Waals surface area contributed by atoms with E-state index in [4.69, 9.17) is 4.98 Å². The molecule has 0 spiro atoms. The predicted octanol–water partition coefficient (Wildman–Crippen LogP) is 2.07. The Morgan fingerprint density at radius 3 is 2.86 bits per heavy atom. The molecule has 1 aromatic heterocycles. The van der Waals surface area contributed by atoms with E-state index < -0.39 is 0 Å². The summed E-state index contributed by atoms with van der Waals surface area (Å²) in [5.74, 6) is 1.54. The van der Waals surface area contributed by atoms with Crippen LogP contribution in [0.3, 0.4) is 0 Å². The van der Waals surface area contributed by atoms with Gasteiger partial charge in [0.1, 0.15) is 0 Å². The lowest BCUT2D eigenvalue weighted by molar-refractivity contribution is -0.123. The molecule has 1 N–H and O–H groups in total. The van der Waals surface area contributed by atoms with Crippen molar-refractivity contribution in [3.63, 3.8) is 0 Å². The Labute approximate surface area is 130 Å². The molecule has 0 bridgehead atoms. The fourth-order valence-electron chi connectivity index (χ4n) is 3.36. The molecule has 1 saturated carbocycles. The van der Waals surface area contributed by atoms with Gasteiger partial charge in [-0.2, -0.15) is 0 Å². The third-order valence-electron chi connectivity index (χ3n) is 4.76. The molecule has 1 amide bonds. The maximum absolute atomic E-state index is 12.0. The van der Waals surface area contributed by atoms with E-state index in [1.807, 2.05) is 12.1 Å². The number of fused-ring (bicyclic) bond motifs is 1. The van der Waals surface area contributed by atoms with E-state index in [0.29, 0.717) is 0 Å². The average molecular weight is 298 g/mol. The summed E-state index contributed by atoms with van der Waals surface area (Å²) >= 11 is 0. The number of rotatable bonds is 3. The van der Waals surface area contributed by atoms with Crippen molar-refractivity contribution in [2.24, 2.45) is 13.0 Å². The predicted molar refractivity (Wildman–Crippen MR) is 86.8 cm³/mol. The standard InChI is InChI=1S/C17H22N4O/c1-20-15-7-3-2-6-14(15)19-17(20)21-10-4-5-13(11-21)18-16(22)12-8-9-12/h2-3,6-7,12-13H,4-5,8-11H2,1H3,(H,18,22). The number of nitrogens with one attached hydrogen (secondary N) is 1. The highest BCUT2D eigenvalue weighted by molar-refractivity contribution is 5.81. The molecule has 116 valence electrons. The molecule has 2 heterocycles. The number of piperidine rings is 1. The van der Waals surface area contributed by atoms with Gasteiger partial charge in [0, 0.05) is 32.1 Å². The van der Waals surface area contributed by atoms with Gasteiger partial charge >= 0.3 is 0 Å². The molecule has 1 aliphatic heterocycles. The number of hydrogen-bond acceptors (Lipinski definition) is 3. The van der Waals surface area contributed by atoms with Gasteiger partial charge in [-0.15, -0.1) is 0 Å². The first-order valence-electron chi connectivity index (χ1n) is 8.19. The second-order valence-electron chi connectivity index (χ2n) is 6.53. The molecule has 5 heteroatoms. The van der Waals surface area contributed by atoms with Gasteiger partial charge in [0.2, 0.25) is 11.9 Å². The summed E-state index contributed by atoms with van der Waals surface area (Å²) in [6.45, 7) is 1.86. The molecule has 1 saturated heterocycles. The minimum absolute atomic E-state index is 0.247. The Balaban J connectivity index is 1.53. The summed E-state index contributed by atoms with van der Waals surface area (Å²) in [7, 11) is 2.07. The van der Waals surface area contributed by atoms with Gasteiger partial charge < -0.3 is 14.8 Å². The van der Waals surface area contributed by atoms with E-state index in [9.17, 15) is 4.79 Å². The Morgan fingerprint density at radius 2 is 2.09 bits per heavy atom. The van der Waals surface area contributed by atoms with Gasteiger partial charge in [-0.3, -0.25) is 4.79 Å². The van der Waals surface area contributed by atoms with Gasteiger partial charge in [0.15, 0.2) is 0 Å². The fourth-order valence-corrected chi connectivity index (χ4v) is 3.36. The van der Waals surface area contributed by atoms with Crippen LogP contribution in [-0.2, 0) is 11.8 Å². The number of benzene rings is 1. The van der Waals surface area contributed by atoms with E-state index in [2.05, 4.69) is 34.0 Å². The number of carbonyl (C=O) groups excluding carboxylic acids is 1. The molecule has 1 aromatic carbocycles. The van der Waals surface area contributed by atoms with Crippen molar-refractivity contribution in [3.8, 4) is 0 Å². The van der Waals surface area contributed by atoms with Gasteiger partial charge in [-0.1, -0.05) is 12.1 Å². The van der Waals surface area contributed by atoms with Crippen LogP contribution in [0.4, 0.5) is 5.95 Å². The van der Waals surface area contributed by atoms with Crippen LogP contribution in [0, 0.1) is 5.92 Å². The number of aromatic nitrogens is 2. The Hall–Kier alpha value is -2.04. The van der Waals surface area contributed by atoms with Crippen LogP contribution >= 0.6 is 0 Å². The fraction of sp³-hybridized carbons (Fsp3) is 0.529. The van der Waals surface area contributed by atoms with E-state index in [-0.39, 0.29) is 17.9 Å². The van der Waals surface area contributed by atoms with Gasteiger partial charge in [-0.05, 0) is 37.8 Å². The molecule has 1 unspecified atom stereocenters. The summed E-state index contributed by atoms with van der Waals surface area (Å²) in [6.07, 6.45) is 4.29. The van der Waals surface area contributed by atoms with Crippen molar-refractivity contribution in [3.05, 3.63) is 24.3 Å². The van der Waals surface area contributed by atoms with Crippen molar-refractivity contribution in [2.45, 2.75) is 31.7 Å². The van der Waals surface area contributed by atoms with Crippen molar-refractivity contribution in [1.29, 1.82) is 0 Å². The van der Waals surface area contributed by atoms with Crippen molar-refractivity contribution < 1.29 is 4.79 Å². The van der Waals surface area contributed by atoms with Gasteiger partial charge in [0.05, 0.1) is 11.0 Å². The second-order valence-corrected chi connectivity index (χ2v) is 6.53. The topological polar surface area (TPSA) is 50.2 Å². The minimum atomic E-state index is 0.247. The number of carbonyl (C=O) groups is 1. The number of nitrogens with zero attached hydrogens (tertiary/aromatic N) is 3. The molecule has 22 heavy (non-hydrogen) atoms. The number of hydrogen-bond donors (Lipinski definition) is 1. The Kier molecular flexibility index (Phi) is 3.28. The largest absolute Gasteiger partial charge is 0.351 e. The lowest BCUT2D eigenvalue weighted by atomic mass is 10.1. The summed E-state index contributed by atoms with van der Waals surface area (Å²) < 4.78 is 2.15. The Bertz CT molecular complexity index is 704. The zero-order valence-corrected chi connectivity index (χ0v) is 13.0. The molecule has 5 nitrogen and oxygen atoms in total. The van der Waals surface area contributed by atoms with Gasteiger partial charge in [0.25, 0.3) is 0 Å². The number of para-hydroxylation sites is 2. The highest BCUT2D eigenvalue weighted by Crippen LogP contribution is 2.29. The van der Waals surface area contributed by atoms with Crippen molar-refractivity contribution in [2.75, 3.05) is 18.0 Å². The zero-order valence-electron chi connectivity index (χ0n) is 13.0. The zero-order chi connectivity index (χ0) is 15.1. The van der Waals surface area contributed by atoms with Crippen LogP contribution in [-0.4, -0.2) is 34.6 Å². The average Bonchev–Trinajstić information content (AvgIpc) is 3.33. The van der Waals surface area contributed by atoms with Crippen LogP contribution in [0.15, 0.2) is 24.3 Å². The summed E-state index contributed by atoms with van der Waals surface area (Å²) in [4.78, 5) is 19.1. The normalized spacial score (nSPS) is 22.0. The third kappa shape index (κ3) is 2.45. The van der Waals surface area contributed by atoms with Crippen molar-refractivity contribution >= 4 is 22.9 Å². The maximum Gasteiger partial charge on any atom is 0.223 e. The third-order valence-corrected chi connectivity index (χ3v) is 4.76. The van der Waals surface area contributed by atoms with Crippen LogP contribution in [0.25, 0.3) is 11.0 Å². The Morgan fingerprint density at radius 1 is 1.27 bits per heavy atom. The smallest absolute Gasteiger partial charge is 0.223 e. The highest BCUT2D eigenvalue weighted by Gasteiger charge is 2.32. The minimum Gasteiger partial charge on any atom is -0.351 e. The molecule has 0 radical (unpaired) electrons. The van der Waals surface area contributed by atoms with Crippen LogP contribution in [0.1, 0.15) is 25.7 Å². The summed E-state index contributed by atoms with van der Waals surface area (Å²) in [6, 6.07) is 8.47. The maximum atomic E-state index is 12.0. The number of imidazole rings is 1. The van der Waals surface area contributed by atoms with Gasteiger partial charge in [-0.25, -0.2) is 4.98 Å². The highest BCUT2D eigenvalue weighted by atomic mass is 16.2. The SMILES string of the molecule is Cn1c(N2CCCC(NC(=O)C3CC3)C2)nc2ccccc21. The molecule has 4 rings (SSSR count). The summed E-state index contributed by atoms with van der Waals surface area (Å²) in [5.41, 5.74) is 2.19. The monoisotopic (exact) mass is 298 g/mol. The molecule has 2 aliphatic rings. The second kappa shape index (κ2) is 5.30. The van der Waals surface area contributed by atoms with E-state index in [0.717, 1.165) is 55.8 Å². The molecule has 1 atom stereocenters.